The van der Waals surface area contributed by atoms with Gasteiger partial charge in [-0.1, -0.05) is 79.9 Å². The third-order valence-corrected chi connectivity index (χ3v) is 12.9. The minimum absolute atomic E-state index is 0.0648. The molecule has 6 atom stereocenters. The Morgan fingerprint density at radius 1 is 0.978 bits per heavy atom. The lowest BCUT2D eigenvalue weighted by Crippen LogP contribution is -2.59. The number of carbonyl (C=O) groups is 3. The molecule has 2 aromatic carbocycles. The summed E-state index contributed by atoms with van der Waals surface area (Å²) in [6.45, 7) is 10.5. The smallest absolute Gasteiger partial charge is 0.247 e. The maximum atomic E-state index is 15.1. The minimum atomic E-state index is -0.776. The van der Waals surface area contributed by atoms with Gasteiger partial charge in [0, 0.05) is 29.6 Å². The maximum Gasteiger partial charge on any atom is 0.247 e. The SMILES string of the molecule is C=CCN(C(=O)[C@H]1[C@H]2C(=O)N([C@@H](CO)Cc3ccccc3)C(C(=O)N(CC=C)C3CCCCC3)C23CC[C@]1(C)S3)c1ccccc1. The van der Waals surface area contributed by atoms with Crippen molar-refractivity contribution in [3.8, 4) is 0 Å². The van der Waals surface area contributed by atoms with Crippen molar-refractivity contribution in [1.29, 1.82) is 0 Å². The summed E-state index contributed by atoms with van der Waals surface area (Å²) in [4.78, 5) is 50.3. The van der Waals surface area contributed by atoms with E-state index < -0.39 is 33.4 Å². The van der Waals surface area contributed by atoms with Crippen LogP contribution in [0.3, 0.4) is 0 Å². The zero-order valence-corrected chi connectivity index (χ0v) is 27.7. The summed E-state index contributed by atoms with van der Waals surface area (Å²) in [5, 5.41) is 10.9. The van der Waals surface area contributed by atoms with E-state index in [0.717, 1.165) is 49.8 Å². The highest BCUT2D eigenvalue weighted by atomic mass is 32.2. The Morgan fingerprint density at radius 2 is 1.63 bits per heavy atom. The molecule has 1 spiro atoms. The summed E-state index contributed by atoms with van der Waals surface area (Å²) in [7, 11) is 0. The molecular weight excluding hydrogens is 595 g/mol. The van der Waals surface area contributed by atoms with Gasteiger partial charge in [-0.25, -0.2) is 0 Å². The molecule has 1 N–H and O–H groups in total. The zero-order valence-electron chi connectivity index (χ0n) is 26.9. The highest BCUT2D eigenvalue weighted by Gasteiger charge is 2.78. The molecule has 0 radical (unpaired) electrons. The molecule has 3 amide bonds. The number of amides is 3. The number of benzene rings is 2. The monoisotopic (exact) mass is 641 g/mol. The van der Waals surface area contributed by atoms with Gasteiger partial charge in [-0.15, -0.1) is 24.9 Å². The second-order valence-electron chi connectivity index (χ2n) is 13.6. The van der Waals surface area contributed by atoms with E-state index in [2.05, 4.69) is 20.1 Å². The predicted molar refractivity (Wildman–Crippen MR) is 184 cm³/mol. The van der Waals surface area contributed by atoms with Crippen LogP contribution in [-0.2, 0) is 20.8 Å². The molecule has 4 fully saturated rings. The number of rotatable bonds is 12. The molecular formula is C38H47N3O4S. The summed E-state index contributed by atoms with van der Waals surface area (Å²) >= 11 is 1.69. The van der Waals surface area contributed by atoms with Gasteiger partial charge in [0.05, 0.1) is 29.2 Å². The molecule has 3 saturated heterocycles. The van der Waals surface area contributed by atoms with E-state index in [1.807, 2.05) is 65.6 Å². The Kier molecular flexibility index (Phi) is 9.49. The van der Waals surface area contributed by atoms with Gasteiger partial charge in [0.2, 0.25) is 17.7 Å². The van der Waals surface area contributed by atoms with Gasteiger partial charge in [-0.2, -0.15) is 0 Å². The molecule has 3 heterocycles. The van der Waals surface area contributed by atoms with E-state index in [9.17, 15) is 9.90 Å². The number of anilines is 1. The first kappa shape index (κ1) is 32.6. The van der Waals surface area contributed by atoms with Gasteiger partial charge in [0.15, 0.2) is 0 Å². The lowest BCUT2D eigenvalue weighted by atomic mass is 9.66. The first-order valence-corrected chi connectivity index (χ1v) is 17.7. The number of aliphatic hydroxyl groups is 1. The first-order valence-electron chi connectivity index (χ1n) is 16.9. The number of thioether (sulfide) groups is 1. The fourth-order valence-electron chi connectivity index (χ4n) is 8.88. The first-order chi connectivity index (χ1) is 22.3. The highest BCUT2D eigenvalue weighted by Crippen LogP contribution is 2.72. The summed E-state index contributed by atoms with van der Waals surface area (Å²) in [6.07, 6.45) is 10.5. The Morgan fingerprint density at radius 3 is 2.26 bits per heavy atom. The molecule has 0 aromatic heterocycles. The van der Waals surface area contributed by atoms with E-state index in [1.165, 1.54) is 0 Å². The van der Waals surface area contributed by atoms with Gasteiger partial charge in [0.25, 0.3) is 0 Å². The van der Waals surface area contributed by atoms with E-state index >= 15 is 9.59 Å². The quantitative estimate of drug-likeness (QED) is 0.304. The number of para-hydroxylation sites is 1. The van der Waals surface area contributed by atoms with E-state index in [4.69, 9.17) is 0 Å². The largest absolute Gasteiger partial charge is 0.394 e. The van der Waals surface area contributed by atoms with Crippen molar-refractivity contribution < 1.29 is 19.5 Å². The Labute approximate surface area is 277 Å². The van der Waals surface area contributed by atoms with Crippen molar-refractivity contribution in [3.05, 3.63) is 91.5 Å². The van der Waals surface area contributed by atoms with E-state index in [0.29, 0.717) is 25.9 Å². The topological polar surface area (TPSA) is 81.2 Å². The van der Waals surface area contributed by atoms with Crippen molar-refractivity contribution in [3.63, 3.8) is 0 Å². The number of hydrogen-bond donors (Lipinski definition) is 1. The van der Waals surface area contributed by atoms with Crippen LogP contribution in [0.4, 0.5) is 5.69 Å². The van der Waals surface area contributed by atoms with Crippen LogP contribution >= 0.6 is 11.8 Å². The van der Waals surface area contributed by atoms with Gasteiger partial charge in [-0.05, 0) is 56.7 Å². The number of hydrogen-bond acceptors (Lipinski definition) is 5. The van der Waals surface area contributed by atoms with Gasteiger partial charge >= 0.3 is 0 Å². The molecule has 8 heteroatoms. The van der Waals surface area contributed by atoms with Crippen LogP contribution in [-0.4, -0.2) is 79.9 Å². The van der Waals surface area contributed by atoms with Crippen molar-refractivity contribution in [1.82, 2.24) is 9.80 Å². The molecule has 2 aromatic rings. The highest BCUT2D eigenvalue weighted by molar-refractivity contribution is 8.02. The average molecular weight is 642 g/mol. The number of fused-ring (bicyclic) bond motifs is 1. The molecule has 2 unspecified atom stereocenters. The van der Waals surface area contributed by atoms with Crippen molar-refractivity contribution >= 4 is 35.2 Å². The Balaban J connectivity index is 1.45. The molecule has 1 aliphatic carbocycles. The molecule has 4 aliphatic rings. The Bertz CT molecular complexity index is 1450. The number of nitrogens with zero attached hydrogens (tertiary/aromatic N) is 3. The van der Waals surface area contributed by atoms with Crippen LogP contribution in [0.1, 0.15) is 57.4 Å². The van der Waals surface area contributed by atoms with Crippen molar-refractivity contribution in [2.75, 3.05) is 24.6 Å². The van der Waals surface area contributed by atoms with Gasteiger partial charge in [-0.3, -0.25) is 14.4 Å². The maximum absolute atomic E-state index is 15.1. The van der Waals surface area contributed by atoms with E-state index in [-0.39, 0.29) is 30.4 Å². The summed E-state index contributed by atoms with van der Waals surface area (Å²) in [5.74, 6) is -1.64. The molecule has 244 valence electrons. The molecule has 7 nitrogen and oxygen atoms in total. The second kappa shape index (κ2) is 13.4. The number of likely N-dealkylation sites (tertiary alicyclic amines) is 1. The summed E-state index contributed by atoms with van der Waals surface area (Å²) in [5.41, 5.74) is 1.75. The van der Waals surface area contributed by atoms with Gasteiger partial charge < -0.3 is 19.8 Å². The van der Waals surface area contributed by atoms with Crippen LogP contribution in [0.5, 0.6) is 0 Å². The molecule has 2 bridgehead atoms. The normalized spacial score (nSPS) is 29.3. The standard InChI is InChI=1S/C38H47N3O4S/c1-4-23-39(28-17-11-7-12-18-28)34(43)31-32-35(44)41(30(26-42)25-27-15-9-6-10-16-27)33(38(32)22-21-37(31,3)46-38)36(45)40(24-5-2)29-19-13-8-14-20-29/h4-7,9-12,15-18,29-33,42H,1-2,8,13-14,19-26H2,3H3/t30-,31-,32+,33?,37+,38?/m1/s1. The summed E-state index contributed by atoms with van der Waals surface area (Å²) in [6, 6.07) is 18.1. The average Bonchev–Trinajstić information content (AvgIpc) is 3.66. The van der Waals surface area contributed by atoms with Crippen LogP contribution < -0.4 is 4.90 Å². The summed E-state index contributed by atoms with van der Waals surface area (Å²) < 4.78 is -1.27. The zero-order chi connectivity index (χ0) is 32.5. The van der Waals surface area contributed by atoms with Crippen LogP contribution in [0.25, 0.3) is 0 Å². The lowest BCUT2D eigenvalue weighted by molar-refractivity contribution is -0.147. The van der Waals surface area contributed by atoms with Crippen molar-refractivity contribution in [2.45, 2.75) is 85.9 Å². The molecule has 3 aliphatic heterocycles. The van der Waals surface area contributed by atoms with Gasteiger partial charge in [0.1, 0.15) is 6.04 Å². The molecule has 46 heavy (non-hydrogen) atoms. The Hall–Kier alpha value is -3.36. The molecule has 1 saturated carbocycles. The number of aliphatic hydroxyl groups excluding tert-OH is 1. The third-order valence-electron chi connectivity index (χ3n) is 10.9. The van der Waals surface area contributed by atoms with Crippen molar-refractivity contribution in [2.24, 2.45) is 11.8 Å². The lowest BCUT2D eigenvalue weighted by Gasteiger charge is -2.42. The van der Waals surface area contributed by atoms with E-state index in [1.54, 1.807) is 33.7 Å². The minimum Gasteiger partial charge on any atom is -0.394 e. The van der Waals surface area contributed by atoms with Crippen LogP contribution in [0, 0.1) is 11.8 Å². The number of carbonyl (C=O) groups excluding carboxylic acids is 3. The predicted octanol–water partition coefficient (Wildman–Crippen LogP) is 5.64. The fraction of sp³-hybridized carbons (Fsp3) is 0.500. The fourth-order valence-corrected chi connectivity index (χ4v) is 11.2. The third kappa shape index (κ3) is 5.51. The second-order valence-corrected chi connectivity index (χ2v) is 15.5. The van der Waals surface area contributed by atoms with Crippen LogP contribution in [0.2, 0.25) is 0 Å². The van der Waals surface area contributed by atoms with Crippen LogP contribution in [0.15, 0.2) is 86.0 Å². The molecule has 6 rings (SSSR count).